The highest BCUT2D eigenvalue weighted by molar-refractivity contribution is 5.85. The summed E-state index contributed by atoms with van der Waals surface area (Å²) >= 11 is 0. The standard InChI is InChI=1S/C22H30O6/c1-2-3-4-7-16(23)9-10-18-19(21(25)13-20(18)24)12-15-6-5-8-17(11-15)28-14-22(26)27/h5-6,8-11,16,18-20,23-24H,2-4,7,12-14H2,1H3,(H,26,27)/t16?,18?,19?,20-/m0/s1. The first-order valence-corrected chi connectivity index (χ1v) is 9.91. The van der Waals surface area contributed by atoms with Crippen molar-refractivity contribution in [3.05, 3.63) is 42.0 Å². The van der Waals surface area contributed by atoms with E-state index in [4.69, 9.17) is 9.84 Å². The number of ether oxygens (including phenoxy) is 1. The van der Waals surface area contributed by atoms with E-state index in [0.717, 1.165) is 24.8 Å². The molecule has 0 radical (unpaired) electrons. The SMILES string of the molecule is CCCCCC(O)C=CC1C(Cc2cccc(OCC(=O)O)c2)C(=O)C[C@@H]1O. The van der Waals surface area contributed by atoms with E-state index in [1.54, 1.807) is 30.4 Å². The fourth-order valence-corrected chi connectivity index (χ4v) is 3.61. The van der Waals surface area contributed by atoms with Gasteiger partial charge in [-0.3, -0.25) is 4.79 Å². The average Bonchev–Trinajstić information content (AvgIpc) is 2.91. The van der Waals surface area contributed by atoms with Crippen LogP contribution in [0.2, 0.25) is 0 Å². The number of hydrogen-bond donors (Lipinski definition) is 3. The molecule has 0 heterocycles. The molecule has 1 aromatic rings. The Kier molecular flexibility index (Phi) is 8.67. The highest BCUT2D eigenvalue weighted by Gasteiger charge is 2.39. The van der Waals surface area contributed by atoms with E-state index in [9.17, 15) is 19.8 Å². The summed E-state index contributed by atoms with van der Waals surface area (Å²) in [6.07, 6.45) is 6.48. The Labute approximate surface area is 165 Å². The molecule has 6 nitrogen and oxygen atoms in total. The number of benzene rings is 1. The van der Waals surface area contributed by atoms with Crippen molar-refractivity contribution in [3.8, 4) is 5.75 Å². The van der Waals surface area contributed by atoms with Crippen molar-refractivity contribution in [3.63, 3.8) is 0 Å². The summed E-state index contributed by atoms with van der Waals surface area (Å²) < 4.78 is 5.19. The van der Waals surface area contributed by atoms with Crippen LogP contribution in [0.25, 0.3) is 0 Å². The van der Waals surface area contributed by atoms with E-state index in [1.165, 1.54) is 0 Å². The Morgan fingerprint density at radius 2 is 2.14 bits per heavy atom. The maximum atomic E-state index is 12.4. The molecule has 1 aromatic carbocycles. The molecule has 3 unspecified atom stereocenters. The first-order chi connectivity index (χ1) is 13.4. The molecular formula is C22H30O6. The Morgan fingerprint density at radius 1 is 1.36 bits per heavy atom. The van der Waals surface area contributed by atoms with Gasteiger partial charge >= 0.3 is 5.97 Å². The third-order valence-corrected chi connectivity index (χ3v) is 5.11. The first-order valence-electron chi connectivity index (χ1n) is 9.91. The number of carbonyl (C=O) groups is 2. The molecule has 1 aliphatic carbocycles. The maximum absolute atomic E-state index is 12.4. The van der Waals surface area contributed by atoms with Gasteiger partial charge in [0.15, 0.2) is 6.61 Å². The van der Waals surface area contributed by atoms with Crippen molar-refractivity contribution in [2.45, 2.75) is 57.7 Å². The second-order valence-electron chi connectivity index (χ2n) is 7.40. The van der Waals surface area contributed by atoms with E-state index in [1.807, 2.05) is 6.07 Å². The largest absolute Gasteiger partial charge is 0.482 e. The molecule has 1 saturated carbocycles. The fourth-order valence-electron chi connectivity index (χ4n) is 3.61. The second kappa shape index (κ2) is 11.0. The number of carbonyl (C=O) groups excluding carboxylic acids is 1. The lowest BCUT2D eigenvalue weighted by molar-refractivity contribution is -0.139. The first kappa shape index (κ1) is 22.1. The topological polar surface area (TPSA) is 104 Å². The molecule has 154 valence electrons. The van der Waals surface area contributed by atoms with Gasteiger partial charge in [-0.25, -0.2) is 4.79 Å². The van der Waals surface area contributed by atoms with Crippen molar-refractivity contribution < 1.29 is 29.6 Å². The molecule has 2 rings (SSSR count). The summed E-state index contributed by atoms with van der Waals surface area (Å²) in [5.74, 6) is -1.33. The molecule has 6 heteroatoms. The Bertz CT molecular complexity index is 683. The van der Waals surface area contributed by atoms with Gasteiger partial charge in [-0.05, 0) is 30.5 Å². The molecule has 3 N–H and O–H groups in total. The number of carboxylic acid groups (broad SMARTS) is 1. The number of aliphatic hydroxyl groups is 2. The summed E-state index contributed by atoms with van der Waals surface area (Å²) in [6, 6.07) is 7.00. The number of aliphatic hydroxyl groups excluding tert-OH is 2. The van der Waals surface area contributed by atoms with Crippen LogP contribution in [0.4, 0.5) is 0 Å². The third kappa shape index (κ3) is 6.77. The van der Waals surface area contributed by atoms with Crippen LogP contribution < -0.4 is 4.74 Å². The molecule has 0 bridgehead atoms. The summed E-state index contributed by atoms with van der Waals surface area (Å²) in [5, 5.41) is 29.1. The van der Waals surface area contributed by atoms with Crippen LogP contribution in [-0.4, -0.2) is 45.9 Å². The molecule has 0 aliphatic heterocycles. The fraction of sp³-hybridized carbons (Fsp3) is 0.545. The minimum Gasteiger partial charge on any atom is -0.482 e. The quantitative estimate of drug-likeness (QED) is 0.396. The van der Waals surface area contributed by atoms with Crippen LogP contribution in [-0.2, 0) is 16.0 Å². The van der Waals surface area contributed by atoms with Crippen molar-refractivity contribution in [2.75, 3.05) is 6.61 Å². The average molecular weight is 390 g/mol. The summed E-state index contributed by atoms with van der Waals surface area (Å²) in [6.45, 7) is 1.68. The number of unbranched alkanes of at least 4 members (excludes halogenated alkanes) is 2. The molecule has 1 fully saturated rings. The molecule has 4 atom stereocenters. The van der Waals surface area contributed by atoms with Crippen LogP contribution >= 0.6 is 0 Å². The number of carboxylic acids is 1. The molecule has 28 heavy (non-hydrogen) atoms. The normalized spacial score (nSPS) is 23.2. The zero-order valence-corrected chi connectivity index (χ0v) is 16.3. The van der Waals surface area contributed by atoms with Gasteiger partial charge in [-0.2, -0.15) is 0 Å². The van der Waals surface area contributed by atoms with Gasteiger partial charge < -0.3 is 20.1 Å². The van der Waals surface area contributed by atoms with Gasteiger partial charge in [0.05, 0.1) is 12.2 Å². The van der Waals surface area contributed by atoms with Gasteiger partial charge in [-0.1, -0.05) is 50.5 Å². The molecule has 0 saturated heterocycles. The lowest BCUT2D eigenvalue weighted by Gasteiger charge is -2.18. The van der Waals surface area contributed by atoms with Crippen LogP contribution in [0.5, 0.6) is 5.75 Å². The number of rotatable bonds is 11. The van der Waals surface area contributed by atoms with E-state index in [0.29, 0.717) is 18.6 Å². The van der Waals surface area contributed by atoms with E-state index >= 15 is 0 Å². The van der Waals surface area contributed by atoms with Crippen LogP contribution in [0.1, 0.15) is 44.6 Å². The lowest BCUT2D eigenvalue weighted by atomic mass is 9.87. The number of aliphatic carboxylic acids is 1. The van der Waals surface area contributed by atoms with E-state index in [-0.39, 0.29) is 24.0 Å². The van der Waals surface area contributed by atoms with Gasteiger partial charge in [-0.15, -0.1) is 0 Å². The van der Waals surface area contributed by atoms with Crippen molar-refractivity contribution in [1.82, 2.24) is 0 Å². The van der Waals surface area contributed by atoms with Crippen molar-refractivity contribution in [1.29, 1.82) is 0 Å². The predicted octanol–water partition coefficient (Wildman–Crippen LogP) is 2.76. The maximum Gasteiger partial charge on any atom is 0.341 e. The van der Waals surface area contributed by atoms with Crippen LogP contribution in [0.15, 0.2) is 36.4 Å². The molecule has 0 aromatic heterocycles. The minimum atomic E-state index is -1.05. The lowest BCUT2D eigenvalue weighted by Crippen LogP contribution is -2.21. The second-order valence-corrected chi connectivity index (χ2v) is 7.40. The van der Waals surface area contributed by atoms with Gasteiger partial charge in [0.1, 0.15) is 11.5 Å². The molecular weight excluding hydrogens is 360 g/mol. The minimum absolute atomic E-state index is 0.000481. The van der Waals surface area contributed by atoms with Gasteiger partial charge in [0, 0.05) is 18.3 Å². The summed E-state index contributed by atoms with van der Waals surface area (Å²) in [4.78, 5) is 23.0. The number of ketones is 1. The smallest absolute Gasteiger partial charge is 0.341 e. The third-order valence-electron chi connectivity index (χ3n) is 5.11. The Balaban J connectivity index is 2.02. The highest BCUT2D eigenvalue weighted by atomic mass is 16.5. The zero-order chi connectivity index (χ0) is 20.5. The van der Waals surface area contributed by atoms with E-state index in [2.05, 4.69) is 6.92 Å². The van der Waals surface area contributed by atoms with Crippen LogP contribution in [0, 0.1) is 11.8 Å². The molecule has 0 amide bonds. The summed E-state index contributed by atoms with van der Waals surface area (Å²) in [5.41, 5.74) is 0.845. The van der Waals surface area contributed by atoms with Gasteiger partial charge in [0.25, 0.3) is 0 Å². The molecule has 0 spiro atoms. The zero-order valence-electron chi connectivity index (χ0n) is 16.3. The van der Waals surface area contributed by atoms with Gasteiger partial charge in [0.2, 0.25) is 0 Å². The highest BCUT2D eigenvalue weighted by Crippen LogP contribution is 2.34. The van der Waals surface area contributed by atoms with Crippen LogP contribution in [0.3, 0.4) is 0 Å². The van der Waals surface area contributed by atoms with E-state index < -0.39 is 24.8 Å². The summed E-state index contributed by atoms with van der Waals surface area (Å²) in [7, 11) is 0. The van der Waals surface area contributed by atoms with Crippen molar-refractivity contribution >= 4 is 11.8 Å². The van der Waals surface area contributed by atoms with Crippen molar-refractivity contribution in [2.24, 2.45) is 11.8 Å². The number of Topliss-reactive ketones (excluding diaryl/α,β-unsaturated/α-hetero) is 1. The monoisotopic (exact) mass is 390 g/mol. The molecule has 1 aliphatic rings. The number of hydrogen-bond acceptors (Lipinski definition) is 5. The predicted molar refractivity (Wildman–Crippen MR) is 105 cm³/mol. The Hall–Kier alpha value is -2.18. The Morgan fingerprint density at radius 3 is 2.86 bits per heavy atom.